The fraction of sp³-hybridized carbons (Fsp3) is 1.00. The number of hydrogen-bond donors (Lipinski definition) is 1. The average molecular weight is 170 g/mol. The largest absolute Gasteiger partial charge is 0.393 e. The second-order valence-electron chi connectivity index (χ2n) is 5.19. The third-order valence-electron chi connectivity index (χ3n) is 4.20. The first-order valence-corrected chi connectivity index (χ1v) is 5.09. The Morgan fingerprint density at radius 1 is 1.33 bits per heavy atom. The molecule has 1 aliphatic rings. The zero-order valence-electron chi connectivity index (χ0n) is 8.85. The summed E-state index contributed by atoms with van der Waals surface area (Å²) >= 11 is 0. The van der Waals surface area contributed by atoms with Crippen LogP contribution in [0.15, 0.2) is 0 Å². The first-order chi connectivity index (χ1) is 5.41. The van der Waals surface area contributed by atoms with E-state index in [1.54, 1.807) is 0 Å². The Morgan fingerprint density at radius 2 is 1.92 bits per heavy atom. The molecule has 1 N–H and O–H groups in total. The molecule has 0 aromatic heterocycles. The maximum atomic E-state index is 9.61. The van der Waals surface area contributed by atoms with Crippen LogP contribution in [0.4, 0.5) is 0 Å². The van der Waals surface area contributed by atoms with Crippen LogP contribution in [0.3, 0.4) is 0 Å². The van der Waals surface area contributed by atoms with Gasteiger partial charge in [-0.15, -0.1) is 0 Å². The highest BCUT2D eigenvalue weighted by Crippen LogP contribution is 2.51. The van der Waals surface area contributed by atoms with Gasteiger partial charge in [0.25, 0.3) is 0 Å². The molecule has 1 rings (SSSR count). The summed E-state index contributed by atoms with van der Waals surface area (Å²) in [5.41, 5.74) is 0.742. The highest BCUT2D eigenvalue weighted by atomic mass is 16.3. The van der Waals surface area contributed by atoms with Gasteiger partial charge in [0, 0.05) is 0 Å². The highest BCUT2D eigenvalue weighted by molar-refractivity contribution is 4.94. The molecule has 0 unspecified atom stereocenters. The van der Waals surface area contributed by atoms with Crippen LogP contribution in [0, 0.1) is 10.8 Å². The summed E-state index contributed by atoms with van der Waals surface area (Å²) in [4.78, 5) is 0. The van der Waals surface area contributed by atoms with Crippen molar-refractivity contribution in [2.75, 3.05) is 0 Å². The van der Waals surface area contributed by atoms with Crippen LogP contribution < -0.4 is 0 Å². The Hall–Kier alpha value is -0.0400. The number of hydrogen-bond acceptors (Lipinski definition) is 1. The average Bonchev–Trinajstić information content (AvgIpc) is 1.98. The summed E-state index contributed by atoms with van der Waals surface area (Å²) in [6.07, 6.45) is 4.26. The predicted octanol–water partition coefficient (Wildman–Crippen LogP) is 2.97. The first-order valence-electron chi connectivity index (χ1n) is 5.09. The van der Waals surface area contributed by atoms with E-state index in [1.165, 1.54) is 12.8 Å². The molecule has 0 bridgehead atoms. The summed E-state index contributed by atoms with van der Waals surface area (Å²) < 4.78 is 0. The zero-order chi connectivity index (χ0) is 9.41. The normalized spacial score (nSPS) is 41.2. The standard InChI is InChI=1S/C11H22O/c1-5-11(4)8-9(12)6-7-10(11,2)3/h9,12H,5-8H2,1-4H3/t9-,11-/m0/s1. The van der Waals surface area contributed by atoms with Gasteiger partial charge in [0.15, 0.2) is 0 Å². The lowest BCUT2D eigenvalue weighted by atomic mass is 9.57. The van der Waals surface area contributed by atoms with Crippen LogP contribution in [0.2, 0.25) is 0 Å². The minimum Gasteiger partial charge on any atom is -0.393 e. The molecule has 2 atom stereocenters. The lowest BCUT2D eigenvalue weighted by molar-refractivity contribution is -0.0392. The topological polar surface area (TPSA) is 20.2 Å². The van der Waals surface area contributed by atoms with Crippen molar-refractivity contribution in [3.63, 3.8) is 0 Å². The lowest BCUT2D eigenvalue weighted by Crippen LogP contribution is -2.42. The minimum atomic E-state index is -0.0528. The number of aliphatic hydroxyl groups is 1. The summed E-state index contributed by atoms with van der Waals surface area (Å²) in [7, 11) is 0. The molecule has 0 aromatic rings. The Kier molecular flexibility index (Phi) is 2.53. The van der Waals surface area contributed by atoms with Crippen molar-refractivity contribution in [2.24, 2.45) is 10.8 Å². The highest BCUT2D eigenvalue weighted by Gasteiger charge is 2.43. The molecular formula is C11H22O. The van der Waals surface area contributed by atoms with E-state index in [2.05, 4.69) is 27.7 Å². The zero-order valence-corrected chi connectivity index (χ0v) is 8.85. The Bertz CT molecular complexity index is 162. The van der Waals surface area contributed by atoms with Crippen molar-refractivity contribution in [1.82, 2.24) is 0 Å². The van der Waals surface area contributed by atoms with Crippen molar-refractivity contribution in [2.45, 2.75) is 59.5 Å². The van der Waals surface area contributed by atoms with Crippen LogP contribution in [0.1, 0.15) is 53.4 Å². The second kappa shape index (κ2) is 3.02. The molecule has 0 saturated heterocycles. The fourth-order valence-electron chi connectivity index (χ4n) is 2.35. The van der Waals surface area contributed by atoms with Gasteiger partial charge in [-0.3, -0.25) is 0 Å². The Labute approximate surface area is 76.2 Å². The van der Waals surface area contributed by atoms with Gasteiger partial charge in [0.1, 0.15) is 0 Å². The van der Waals surface area contributed by atoms with Crippen LogP contribution in [0.25, 0.3) is 0 Å². The molecule has 0 aliphatic heterocycles. The Morgan fingerprint density at radius 3 is 2.33 bits per heavy atom. The van der Waals surface area contributed by atoms with Gasteiger partial charge >= 0.3 is 0 Å². The second-order valence-corrected chi connectivity index (χ2v) is 5.19. The van der Waals surface area contributed by atoms with Gasteiger partial charge in [-0.05, 0) is 30.1 Å². The Balaban J connectivity index is 2.78. The van der Waals surface area contributed by atoms with E-state index in [-0.39, 0.29) is 6.10 Å². The van der Waals surface area contributed by atoms with Crippen molar-refractivity contribution in [3.8, 4) is 0 Å². The smallest absolute Gasteiger partial charge is 0.0545 e. The molecule has 1 heteroatoms. The fourth-order valence-corrected chi connectivity index (χ4v) is 2.35. The molecule has 0 amide bonds. The van der Waals surface area contributed by atoms with E-state index >= 15 is 0 Å². The van der Waals surface area contributed by atoms with Gasteiger partial charge in [-0.25, -0.2) is 0 Å². The summed E-state index contributed by atoms with van der Waals surface area (Å²) in [5, 5.41) is 9.61. The van der Waals surface area contributed by atoms with E-state index in [4.69, 9.17) is 0 Å². The first kappa shape index (κ1) is 10.0. The van der Waals surface area contributed by atoms with E-state index in [1.807, 2.05) is 0 Å². The van der Waals surface area contributed by atoms with E-state index in [0.717, 1.165) is 12.8 Å². The molecule has 12 heavy (non-hydrogen) atoms. The third kappa shape index (κ3) is 1.52. The molecule has 0 spiro atoms. The van der Waals surface area contributed by atoms with E-state index in [0.29, 0.717) is 10.8 Å². The molecule has 72 valence electrons. The summed E-state index contributed by atoms with van der Waals surface area (Å²) in [6.45, 7) is 9.22. The maximum absolute atomic E-state index is 9.61. The van der Waals surface area contributed by atoms with Gasteiger partial charge in [-0.1, -0.05) is 34.1 Å². The van der Waals surface area contributed by atoms with Crippen LogP contribution in [-0.2, 0) is 0 Å². The molecule has 1 aliphatic carbocycles. The van der Waals surface area contributed by atoms with E-state index in [9.17, 15) is 5.11 Å². The molecular weight excluding hydrogens is 148 g/mol. The van der Waals surface area contributed by atoms with Crippen LogP contribution >= 0.6 is 0 Å². The SMILES string of the molecule is CC[C@@]1(C)C[C@@H](O)CCC1(C)C. The lowest BCUT2D eigenvalue weighted by Gasteiger charge is -2.49. The molecule has 1 nitrogen and oxygen atoms in total. The third-order valence-corrected chi connectivity index (χ3v) is 4.20. The molecule has 1 saturated carbocycles. The molecule has 0 radical (unpaired) electrons. The molecule has 0 aromatic carbocycles. The number of aliphatic hydroxyl groups excluding tert-OH is 1. The predicted molar refractivity (Wildman–Crippen MR) is 52.0 cm³/mol. The van der Waals surface area contributed by atoms with Crippen molar-refractivity contribution < 1.29 is 5.11 Å². The van der Waals surface area contributed by atoms with E-state index < -0.39 is 0 Å². The van der Waals surface area contributed by atoms with Gasteiger partial charge in [0.2, 0.25) is 0 Å². The number of rotatable bonds is 1. The summed E-state index contributed by atoms with van der Waals surface area (Å²) in [5.74, 6) is 0. The van der Waals surface area contributed by atoms with Gasteiger partial charge in [-0.2, -0.15) is 0 Å². The van der Waals surface area contributed by atoms with Crippen LogP contribution in [0.5, 0.6) is 0 Å². The molecule has 1 fully saturated rings. The van der Waals surface area contributed by atoms with Crippen molar-refractivity contribution >= 4 is 0 Å². The quantitative estimate of drug-likeness (QED) is 0.641. The van der Waals surface area contributed by atoms with Gasteiger partial charge in [0.05, 0.1) is 6.10 Å². The molecule has 0 heterocycles. The van der Waals surface area contributed by atoms with Crippen molar-refractivity contribution in [1.29, 1.82) is 0 Å². The minimum absolute atomic E-state index is 0.0528. The monoisotopic (exact) mass is 170 g/mol. The van der Waals surface area contributed by atoms with Crippen LogP contribution in [-0.4, -0.2) is 11.2 Å². The van der Waals surface area contributed by atoms with Gasteiger partial charge < -0.3 is 5.11 Å². The summed E-state index contributed by atoms with van der Waals surface area (Å²) in [6, 6.07) is 0. The maximum Gasteiger partial charge on any atom is 0.0545 e. The van der Waals surface area contributed by atoms with Crippen molar-refractivity contribution in [3.05, 3.63) is 0 Å².